The van der Waals surface area contributed by atoms with Gasteiger partial charge in [0.05, 0.1) is 31.0 Å². The summed E-state index contributed by atoms with van der Waals surface area (Å²) in [5.41, 5.74) is -0.0197. The van der Waals surface area contributed by atoms with Gasteiger partial charge in [0.25, 0.3) is 0 Å². The topological polar surface area (TPSA) is 106 Å². The second kappa shape index (κ2) is 9.26. The molecular weight excluding hydrogens is 426 g/mol. The van der Waals surface area contributed by atoms with Gasteiger partial charge in [-0.3, -0.25) is 22.9 Å². The van der Waals surface area contributed by atoms with E-state index in [1.165, 1.54) is 22.5 Å². The Hall–Kier alpha value is -1.26. The number of aromatic nitrogens is 2. The van der Waals surface area contributed by atoms with Gasteiger partial charge in [-0.05, 0) is 26.3 Å². The molecule has 1 aromatic heterocycles. The van der Waals surface area contributed by atoms with E-state index in [4.69, 9.17) is 18.3 Å². The van der Waals surface area contributed by atoms with Crippen LogP contribution < -0.4 is 5.69 Å². The van der Waals surface area contributed by atoms with E-state index < -0.39 is 42.3 Å². The van der Waals surface area contributed by atoms with Crippen LogP contribution in [0.3, 0.4) is 0 Å². The molecule has 3 heterocycles. The first-order valence-electron chi connectivity index (χ1n) is 9.33. The number of esters is 1. The van der Waals surface area contributed by atoms with Gasteiger partial charge in [0.1, 0.15) is 11.5 Å². The van der Waals surface area contributed by atoms with Crippen molar-refractivity contribution >= 4 is 25.6 Å². The molecule has 0 radical (unpaired) electrons. The van der Waals surface area contributed by atoms with Crippen molar-refractivity contribution in [2.45, 2.75) is 50.1 Å². The Morgan fingerprint density at radius 2 is 2.31 bits per heavy atom. The number of phosphoric ester groups is 1. The van der Waals surface area contributed by atoms with Gasteiger partial charge in [-0.15, -0.1) is 11.8 Å². The maximum absolute atomic E-state index is 15.0. The van der Waals surface area contributed by atoms with Crippen molar-refractivity contribution in [3.05, 3.63) is 28.4 Å². The zero-order valence-electron chi connectivity index (χ0n) is 16.4. The molecule has 1 aromatic rings. The summed E-state index contributed by atoms with van der Waals surface area (Å²) in [6, 6.07) is 1.62. The second-order valence-electron chi connectivity index (χ2n) is 6.86. The Balaban J connectivity index is 1.60. The predicted molar refractivity (Wildman–Crippen MR) is 103 cm³/mol. The average Bonchev–Trinajstić information content (AvgIpc) is 2.97. The molecule has 0 bridgehead atoms. The number of hydrogen-bond donors (Lipinski definition) is 0. The molecule has 2 aliphatic rings. The van der Waals surface area contributed by atoms with Crippen LogP contribution in [0.1, 0.15) is 31.3 Å². The lowest BCUT2D eigenvalue weighted by Crippen LogP contribution is -2.38. The Bertz CT molecular complexity index is 853. The van der Waals surface area contributed by atoms with Crippen molar-refractivity contribution in [3.8, 4) is 0 Å². The molecule has 29 heavy (non-hydrogen) atoms. The highest BCUT2D eigenvalue weighted by molar-refractivity contribution is 8.00. The van der Waals surface area contributed by atoms with Crippen LogP contribution in [-0.2, 0) is 27.7 Å². The van der Waals surface area contributed by atoms with Gasteiger partial charge >= 0.3 is 19.5 Å². The zero-order chi connectivity index (χ0) is 21.2. The molecule has 9 nitrogen and oxygen atoms in total. The third-order valence-corrected chi connectivity index (χ3v) is 7.63. The third-order valence-electron chi connectivity index (χ3n) is 4.65. The number of carbonyl (C=O) groups is 1. The number of hydrogen-bond acceptors (Lipinski definition) is 9. The fraction of sp³-hybridized carbons (Fsp3) is 0.706. The summed E-state index contributed by atoms with van der Waals surface area (Å²) in [7, 11) is -3.97. The lowest BCUT2D eigenvalue weighted by molar-refractivity contribution is -0.147. The number of carbonyl (C=O) groups excluding carboxylic acids is 1. The van der Waals surface area contributed by atoms with Crippen LogP contribution >= 0.6 is 19.6 Å². The summed E-state index contributed by atoms with van der Waals surface area (Å²) in [5.74, 6) is -0.823. The predicted octanol–water partition coefficient (Wildman–Crippen LogP) is 2.63. The molecule has 0 N–H and O–H groups in total. The van der Waals surface area contributed by atoms with E-state index in [1.807, 2.05) is 0 Å². The van der Waals surface area contributed by atoms with E-state index in [0.717, 1.165) is 0 Å². The molecule has 0 aromatic carbocycles. The Labute approximate surface area is 171 Å². The maximum atomic E-state index is 15.0. The second-order valence-corrected chi connectivity index (χ2v) is 9.84. The fourth-order valence-corrected chi connectivity index (χ4v) is 6.10. The third kappa shape index (κ3) is 5.08. The minimum Gasteiger partial charge on any atom is -0.466 e. The standard InChI is InChI=1S/C17H24FN2O7PS/c1-4-24-16(21)10(2)6-8-25-28(23)26-9-12-14(27-28)13(18)15(29-12)20-7-5-11(3)19-17(20)22/h5,7,10,12-15H,4,6,8-9H2,1-3H3/t10-,12-,13+,14-,15-,28+/m1/s1. The zero-order valence-corrected chi connectivity index (χ0v) is 18.1. The highest BCUT2D eigenvalue weighted by Gasteiger charge is 2.54. The molecule has 2 aliphatic heterocycles. The number of phosphoric acid groups is 1. The van der Waals surface area contributed by atoms with Gasteiger partial charge < -0.3 is 4.74 Å². The number of thioether (sulfide) groups is 1. The van der Waals surface area contributed by atoms with Crippen molar-refractivity contribution in [1.29, 1.82) is 0 Å². The van der Waals surface area contributed by atoms with Crippen molar-refractivity contribution < 1.29 is 32.1 Å². The van der Waals surface area contributed by atoms with Gasteiger partial charge in [-0.2, -0.15) is 4.98 Å². The van der Waals surface area contributed by atoms with E-state index >= 15 is 4.39 Å². The molecule has 12 heteroatoms. The van der Waals surface area contributed by atoms with E-state index in [2.05, 4.69) is 4.98 Å². The molecule has 0 unspecified atom stereocenters. The minimum atomic E-state index is -3.97. The number of nitrogens with zero attached hydrogens (tertiary/aromatic N) is 2. The van der Waals surface area contributed by atoms with Crippen molar-refractivity contribution in [3.63, 3.8) is 0 Å². The molecule has 3 rings (SSSR count). The summed E-state index contributed by atoms with van der Waals surface area (Å²) in [6.07, 6.45) is -0.892. The monoisotopic (exact) mass is 450 g/mol. The van der Waals surface area contributed by atoms with E-state index in [0.29, 0.717) is 5.69 Å². The van der Waals surface area contributed by atoms with Crippen LogP contribution in [0.4, 0.5) is 4.39 Å². The van der Waals surface area contributed by atoms with Crippen LogP contribution in [0.5, 0.6) is 0 Å². The lowest BCUT2D eigenvalue weighted by atomic mass is 10.1. The number of rotatable bonds is 7. The van der Waals surface area contributed by atoms with E-state index in [-0.39, 0.29) is 32.2 Å². The first-order chi connectivity index (χ1) is 13.7. The van der Waals surface area contributed by atoms with Crippen LogP contribution in [0.2, 0.25) is 0 Å². The number of ether oxygens (including phenoxy) is 1. The van der Waals surface area contributed by atoms with Gasteiger partial charge in [0.2, 0.25) is 0 Å². The largest absolute Gasteiger partial charge is 0.475 e. The highest BCUT2D eigenvalue weighted by atomic mass is 32.2. The molecule has 2 saturated heterocycles. The van der Waals surface area contributed by atoms with Crippen LogP contribution in [0.25, 0.3) is 0 Å². The van der Waals surface area contributed by atoms with Crippen molar-refractivity contribution in [2.24, 2.45) is 5.92 Å². The van der Waals surface area contributed by atoms with Gasteiger partial charge in [-0.1, -0.05) is 6.92 Å². The number of alkyl halides is 1. The molecule has 6 atom stereocenters. The quantitative estimate of drug-likeness (QED) is 0.458. The van der Waals surface area contributed by atoms with E-state index in [9.17, 15) is 14.2 Å². The lowest BCUT2D eigenvalue weighted by Gasteiger charge is -2.31. The Morgan fingerprint density at radius 1 is 1.55 bits per heavy atom. The smallest absolute Gasteiger partial charge is 0.466 e. The molecule has 0 spiro atoms. The highest BCUT2D eigenvalue weighted by Crippen LogP contribution is 2.60. The number of aryl methyl sites for hydroxylation is 1. The maximum Gasteiger partial charge on any atom is 0.475 e. The SMILES string of the molecule is CCOC(=O)[C@H](C)CCO[P@@]1(=O)OC[C@H]2S[C@@H](n3ccc(C)nc3=O)[C@@H](F)[C@@H]2O1. The summed E-state index contributed by atoms with van der Waals surface area (Å²) in [4.78, 5) is 27.5. The Morgan fingerprint density at radius 3 is 3.00 bits per heavy atom. The Kier molecular flexibility index (Phi) is 7.16. The fourth-order valence-electron chi connectivity index (χ4n) is 3.03. The van der Waals surface area contributed by atoms with Crippen LogP contribution in [0.15, 0.2) is 17.1 Å². The molecule has 2 fully saturated rings. The minimum absolute atomic E-state index is 0.0367. The van der Waals surface area contributed by atoms with Crippen molar-refractivity contribution in [1.82, 2.24) is 9.55 Å². The van der Waals surface area contributed by atoms with Gasteiger partial charge in [0, 0.05) is 11.9 Å². The van der Waals surface area contributed by atoms with Gasteiger partial charge in [0.15, 0.2) is 6.17 Å². The molecule has 0 amide bonds. The molecule has 0 aliphatic carbocycles. The molecule has 0 saturated carbocycles. The first-order valence-corrected chi connectivity index (χ1v) is 11.7. The number of halogens is 1. The summed E-state index contributed by atoms with van der Waals surface area (Å²) >= 11 is 1.17. The number of fused-ring (bicyclic) bond motifs is 1. The van der Waals surface area contributed by atoms with Crippen LogP contribution in [0, 0.1) is 12.8 Å². The summed E-state index contributed by atoms with van der Waals surface area (Å²) in [6.45, 7) is 5.22. The normalized spacial score (nSPS) is 32.6. The first kappa shape index (κ1) is 22.4. The summed E-state index contributed by atoms with van der Waals surface area (Å²) < 4.78 is 49.8. The van der Waals surface area contributed by atoms with E-state index in [1.54, 1.807) is 26.8 Å². The van der Waals surface area contributed by atoms with Crippen LogP contribution in [-0.4, -0.2) is 52.9 Å². The summed E-state index contributed by atoms with van der Waals surface area (Å²) in [5, 5.41) is -1.29. The van der Waals surface area contributed by atoms with Gasteiger partial charge in [-0.25, -0.2) is 13.8 Å². The molecule has 162 valence electrons. The van der Waals surface area contributed by atoms with Crippen molar-refractivity contribution in [2.75, 3.05) is 19.8 Å². The molecular formula is C17H24FN2O7PS. The average molecular weight is 450 g/mol.